The quantitative estimate of drug-likeness (QED) is 0.720. The fraction of sp³-hybridized carbons (Fsp3) is 0.952. The first-order valence-electron chi connectivity index (χ1n) is 11.1. The number of nitrogens with zero attached hydrogens (tertiary/aromatic N) is 4. The summed E-state index contributed by atoms with van der Waals surface area (Å²) in [6.45, 7) is 2.24. The van der Waals surface area contributed by atoms with Crippen LogP contribution in [0.15, 0.2) is 0 Å². The molecule has 5 heterocycles. The van der Waals surface area contributed by atoms with Gasteiger partial charge in [0.2, 0.25) is 0 Å². The van der Waals surface area contributed by atoms with Crippen LogP contribution in [0.4, 0.5) is 0 Å². The van der Waals surface area contributed by atoms with Gasteiger partial charge in [0.05, 0.1) is 18.4 Å². The van der Waals surface area contributed by atoms with E-state index in [0.29, 0.717) is 30.2 Å². The average molecular weight is 357 g/mol. The van der Waals surface area contributed by atoms with Crippen molar-refractivity contribution in [3.05, 3.63) is 0 Å². The third kappa shape index (κ3) is 1.90. The van der Waals surface area contributed by atoms with Crippen LogP contribution in [0.3, 0.4) is 0 Å². The molecular formula is C21H32N4O. The van der Waals surface area contributed by atoms with E-state index in [2.05, 4.69) is 20.8 Å². The maximum absolute atomic E-state index is 11.9. The summed E-state index contributed by atoms with van der Waals surface area (Å²) in [5, 5.41) is 22.0. The maximum Gasteiger partial charge on any atom is 0.130 e. The minimum absolute atomic E-state index is 0.212. The van der Waals surface area contributed by atoms with Crippen molar-refractivity contribution in [3.8, 4) is 6.07 Å². The first-order valence-corrected chi connectivity index (χ1v) is 11.1. The summed E-state index contributed by atoms with van der Waals surface area (Å²) in [5.41, 5.74) is -0.822. The van der Waals surface area contributed by atoms with Gasteiger partial charge in [0, 0.05) is 24.5 Å². The fourth-order valence-electron chi connectivity index (χ4n) is 8.22. The van der Waals surface area contributed by atoms with Crippen molar-refractivity contribution >= 4 is 0 Å². The maximum atomic E-state index is 11.9. The molecule has 142 valence electrons. The lowest BCUT2D eigenvalue weighted by atomic mass is 9.61. The van der Waals surface area contributed by atoms with E-state index < -0.39 is 5.60 Å². The lowest BCUT2D eigenvalue weighted by Gasteiger charge is -2.72. The molecule has 5 nitrogen and oxygen atoms in total. The SMILES string of the molecule is N#C[C@H]1N2CCC[C@H]3[C@@H]4CCCCN4[C@@H]4CC[C@@H]5CCC[C@]1(O)[C@H]5N4[C@@H]32. The van der Waals surface area contributed by atoms with Gasteiger partial charge in [-0.3, -0.25) is 14.7 Å². The molecule has 0 spiro atoms. The number of hydrogen-bond donors (Lipinski definition) is 1. The first kappa shape index (κ1) is 16.3. The van der Waals surface area contributed by atoms with Gasteiger partial charge in [-0.05, 0) is 63.8 Å². The Balaban J connectivity index is 1.50. The molecule has 0 radical (unpaired) electrons. The summed E-state index contributed by atoms with van der Waals surface area (Å²) in [5.74, 6) is 1.26. The zero-order valence-electron chi connectivity index (χ0n) is 15.8. The highest BCUT2D eigenvalue weighted by atomic mass is 16.3. The van der Waals surface area contributed by atoms with E-state index in [1.165, 1.54) is 57.9 Å². The van der Waals surface area contributed by atoms with Crippen molar-refractivity contribution in [1.82, 2.24) is 14.7 Å². The van der Waals surface area contributed by atoms with Crippen LogP contribution in [0.5, 0.6) is 0 Å². The Labute approximate surface area is 156 Å². The summed E-state index contributed by atoms with van der Waals surface area (Å²) >= 11 is 0. The second-order valence-corrected chi connectivity index (χ2v) is 9.88. The van der Waals surface area contributed by atoms with Gasteiger partial charge in [0.25, 0.3) is 0 Å². The van der Waals surface area contributed by atoms with E-state index in [1.807, 2.05) is 0 Å². The Bertz CT molecular complexity index is 634. The Morgan fingerprint density at radius 1 is 0.923 bits per heavy atom. The third-order valence-electron chi connectivity index (χ3n) is 8.95. The van der Waals surface area contributed by atoms with Crippen LogP contribution in [0.1, 0.15) is 64.2 Å². The first-order chi connectivity index (χ1) is 12.7. The van der Waals surface area contributed by atoms with Crippen molar-refractivity contribution < 1.29 is 5.11 Å². The Morgan fingerprint density at radius 2 is 1.81 bits per heavy atom. The molecule has 5 heteroatoms. The highest BCUT2D eigenvalue weighted by Gasteiger charge is 2.67. The zero-order valence-corrected chi connectivity index (χ0v) is 15.8. The molecule has 6 fully saturated rings. The predicted octanol–water partition coefficient (Wildman–Crippen LogP) is 2.12. The van der Waals surface area contributed by atoms with E-state index in [-0.39, 0.29) is 12.1 Å². The topological polar surface area (TPSA) is 53.7 Å². The lowest BCUT2D eigenvalue weighted by Crippen LogP contribution is -2.85. The van der Waals surface area contributed by atoms with Crippen molar-refractivity contribution in [2.24, 2.45) is 11.8 Å². The number of piperidine rings is 3. The number of fused-ring (bicyclic) bond motifs is 3. The van der Waals surface area contributed by atoms with Crippen LogP contribution in [0.25, 0.3) is 0 Å². The number of nitriles is 1. The summed E-state index contributed by atoms with van der Waals surface area (Å²) in [7, 11) is 0. The molecule has 5 aliphatic heterocycles. The van der Waals surface area contributed by atoms with Crippen molar-refractivity contribution in [1.29, 1.82) is 5.26 Å². The Kier molecular flexibility index (Phi) is 3.55. The summed E-state index contributed by atoms with van der Waals surface area (Å²) < 4.78 is 0. The smallest absolute Gasteiger partial charge is 0.130 e. The highest BCUT2D eigenvalue weighted by molar-refractivity contribution is 5.23. The summed E-state index contributed by atoms with van der Waals surface area (Å²) in [6, 6.07) is 3.23. The van der Waals surface area contributed by atoms with Gasteiger partial charge in [-0.15, -0.1) is 0 Å². The van der Waals surface area contributed by atoms with Crippen LogP contribution < -0.4 is 0 Å². The minimum Gasteiger partial charge on any atom is -0.385 e. The lowest BCUT2D eigenvalue weighted by molar-refractivity contribution is -0.298. The molecular weight excluding hydrogens is 324 g/mol. The van der Waals surface area contributed by atoms with Crippen LogP contribution in [-0.4, -0.2) is 69.0 Å². The standard InChI is InChI=1S/C21H32N4O/c22-13-17-21(26)10-3-5-14-8-9-18-23-11-2-1-7-16(23)15-6-4-12-24(17)20(15)25(18)19(14)21/h14-20,26H,1-12H2/t14-,15-,16-,17+,18-,19-,20-,21+/m0/s1. The van der Waals surface area contributed by atoms with Crippen LogP contribution >= 0.6 is 0 Å². The molecule has 1 aliphatic carbocycles. The van der Waals surface area contributed by atoms with Gasteiger partial charge >= 0.3 is 0 Å². The molecule has 0 unspecified atom stereocenters. The normalized spacial score (nSPS) is 54.1. The van der Waals surface area contributed by atoms with Crippen molar-refractivity contribution in [2.75, 3.05) is 13.1 Å². The molecule has 5 saturated heterocycles. The van der Waals surface area contributed by atoms with E-state index in [4.69, 9.17) is 0 Å². The van der Waals surface area contributed by atoms with Crippen molar-refractivity contribution in [2.45, 2.75) is 100 Å². The molecule has 6 aliphatic rings. The number of aliphatic hydroxyl groups is 1. The largest absolute Gasteiger partial charge is 0.385 e. The average Bonchev–Trinajstić information content (AvgIpc) is 2.68. The second kappa shape index (κ2) is 5.67. The molecule has 0 amide bonds. The van der Waals surface area contributed by atoms with Gasteiger partial charge in [-0.1, -0.05) is 12.8 Å². The monoisotopic (exact) mass is 356 g/mol. The van der Waals surface area contributed by atoms with E-state index in [9.17, 15) is 10.4 Å². The molecule has 0 aromatic carbocycles. The molecule has 0 aromatic rings. The van der Waals surface area contributed by atoms with Crippen LogP contribution in [0, 0.1) is 23.2 Å². The zero-order chi connectivity index (χ0) is 17.5. The molecule has 0 aromatic heterocycles. The highest BCUT2D eigenvalue weighted by Crippen LogP contribution is 2.56. The molecule has 0 bridgehead atoms. The number of rotatable bonds is 0. The number of hydrogen-bond acceptors (Lipinski definition) is 5. The van der Waals surface area contributed by atoms with Gasteiger partial charge in [-0.25, -0.2) is 0 Å². The van der Waals surface area contributed by atoms with Gasteiger partial charge in [0.1, 0.15) is 11.6 Å². The Morgan fingerprint density at radius 3 is 2.69 bits per heavy atom. The summed E-state index contributed by atoms with van der Waals surface area (Å²) in [4.78, 5) is 8.07. The molecule has 26 heavy (non-hydrogen) atoms. The minimum atomic E-state index is -0.822. The predicted molar refractivity (Wildman–Crippen MR) is 97.9 cm³/mol. The molecule has 1 saturated carbocycles. The van der Waals surface area contributed by atoms with E-state index in [1.54, 1.807) is 0 Å². The fourth-order valence-corrected chi connectivity index (χ4v) is 8.22. The van der Waals surface area contributed by atoms with Crippen molar-refractivity contribution in [3.63, 3.8) is 0 Å². The molecule has 8 atom stereocenters. The van der Waals surface area contributed by atoms with Gasteiger partial charge in [-0.2, -0.15) is 5.26 Å². The van der Waals surface area contributed by atoms with Crippen LogP contribution in [-0.2, 0) is 0 Å². The second-order valence-electron chi connectivity index (χ2n) is 9.88. The van der Waals surface area contributed by atoms with Gasteiger partial charge in [0.15, 0.2) is 0 Å². The Hall–Kier alpha value is -0.670. The molecule has 6 rings (SSSR count). The third-order valence-corrected chi connectivity index (χ3v) is 8.95. The van der Waals surface area contributed by atoms with Crippen LogP contribution in [0.2, 0.25) is 0 Å². The summed E-state index contributed by atoms with van der Waals surface area (Å²) in [6.07, 6.45) is 13.1. The van der Waals surface area contributed by atoms with E-state index >= 15 is 0 Å². The van der Waals surface area contributed by atoms with E-state index in [0.717, 1.165) is 19.4 Å². The van der Waals surface area contributed by atoms with Gasteiger partial charge < -0.3 is 5.11 Å². The molecule has 1 N–H and O–H groups in total.